The van der Waals surface area contributed by atoms with Crippen molar-refractivity contribution in [3.05, 3.63) is 52.0 Å². The molecule has 0 aliphatic heterocycles. The lowest BCUT2D eigenvalue weighted by Crippen LogP contribution is -2.22. The van der Waals surface area contributed by atoms with Gasteiger partial charge < -0.3 is 5.32 Å². The van der Waals surface area contributed by atoms with Crippen LogP contribution in [0.1, 0.15) is 34.9 Å². The number of aromatic nitrogens is 1. The summed E-state index contributed by atoms with van der Waals surface area (Å²) in [5.41, 5.74) is 2.70. The molecule has 2 nitrogen and oxygen atoms in total. The number of hydrogen-bond acceptors (Lipinski definition) is 3. The molecule has 0 amide bonds. The van der Waals surface area contributed by atoms with Crippen LogP contribution in [0.5, 0.6) is 0 Å². The zero-order valence-corrected chi connectivity index (χ0v) is 11.3. The number of thiophene rings is 1. The maximum atomic E-state index is 4.08. The Morgan fingerprint density at radius 3 is 2.47 bits per heavy atom. The third-order valence-corrected chi connectivity index (χ3v) is 4.33. The second-order valence-electron chi connectivity index (χ2n) is 4.30. The fourth-order valence-corrected chi connectivity index (χ4v) is 3.31. The zero-order valence-electron chi connectivity index (χ0n) is 10.5. The second kappa shape index (κ2) is 5.43. The average Bonchev–Trinajstić information content (AvgIpc) is 2.78. The highest BCUT2D eigenvalue weighted by atomic mass is 32.1. The maximum absolute atomic E-state index is 4.08. The molecule has 0 aliphatic carbocycles. The smallest absolute Gasteiger partial charge is 0.0481 e. The highest BCUT2D eigenvalue weighted by molar-refractivity contribution is 7.10. The number of likely N-dealkylation sites (N-methyl/N-ethyl adjacent to an activating group) is 1. The summed E-state index contributed by atoms with van der Waals surface area (Å²) in [7, 11) is 2.03. The fraction of sp³-hybridized carbons (Fsp3) is 0.357. The van der Waals surface area contributed by atoms with Crippen LogP contribution >= 0.6 is 11.3 Å². The first-order valence-electron chi connectivity index (χ1n) is 5.85. The van der Waals surface area contributed by atoms with Crippen molar-refractivity contribution in [2.24, 2.45) is 0 Å². The molecule has 2 aromatic heterocycles. The van der Waals surface area contributed by atoms with Gasteiger partial charge in [0.15, 0.2) is 0 Å². The normalized spacial score (nSPS) is 14.5. The van der Waals surface area contributed by atoms with Crippen molar-refractivity contribution >= 4 is 11.3 Å². The molecule has 2 aromatic rings. The van der Waals surface area contributed by atoms with Crippen LogP contribution in [0.2, 0.25) is 0 Å². The molecule has 17 heavy (non-hydrogen) atoms. The zero-order chi connectivity index (χ0) is 12.3. The van der Waals surface area contributed by atoms with Crippen LogP contribution in [0.3, 0.4) is 0 Å². The van der Waals surface area contributed by atoms with E-state index in [1.54, 1.807) is 0 Å². The summed E-state index contributed by atoms with van der Waals surface area (Å²) in [6.45, 7) is 4.44. The largest absolute Gasteiger partial charge is 0.312 e. The first-order chi connectivity index (χ1) is 8.24. The molecule has 2 heterocycles. The highest BCUT2D eigenvalue weighted by Gasteiger charge is 2.21. The van der Waals surface area contributed by atoms with Gasteiger partial charge in [-0.3, -0.25) is 4.98 Å². The highest BCUT2D eigenvalue weighted by Crippen LogP contribution is 2.34. The molecule has 2 unspecified atom stereocenters. The van der Waals surface area contributed by atoms with Crippen LogP contribution in [0.4, 0.5) is 0 Å². The van der Waals surface area contributed by atoms with Crippen LogP contribution in [-0.2, 0) is 0 Å². The number of nitrogens with one attached hydrogen (secondary N) is 1. The van der Waals surface area contributed by atoms with E-state index in [0.29, 0.717) is 12.0 Å². The molecule has 0 saturated heterocycles. The Morgan fingerprint density at radius 1 is 1.24 bits per heavy atom. The van der Waals surface area contributed by atoms with Crippen molar-refractivity contribution in [2.75, 3.05) is 7.05 Å². The first kappa shape index (κ1) is 12.3. The van der Waals surface area contributed by atoms with E-state index < -0.39 is 0 Å². The standard InChI is InChI=1S/C14H18N2S/c1-10-6-9-17-14(10)13(15-3)11(2)12-4-7-16-8-5-12/h4-9,11,13,15H,1-3H3. The van der Waals surface area contributed by atoms with Crippen LogP contribution in [0.25, 0.3) is 0 Å². The number of rotatable bonds is 4. The van der Waals surface area contributed by atoms with Gasteiger partial charge in [-0.1, -0.05) is 6.92 Å². The third kappa shape index (κ3) is 2.56. The maximum Gasteiger partial charge on any atom is 0.0481 e. The topological polar surface area (TPSA) is 24.9 Å². The SMILES string of the molecule is CNC(c1sccc1C)C(C)c1ccncc1. The summed E-state index contributed by atoms with van der Waals surface area (Å²) in [6, 6.07) is 6.75. The lowest BCUT2D eigenvalue weighted by Gasteiger charge is -2.23. The number of hydrogen-bond donors (Lipinski definition) is 1. The molecule has 0 aliphatic rings. The lowest BCUT2D eigenvalue weighted by molar-refractivity contribution is 0.513. The lowest BCUT2D eigenvalue weighted by atomic mass is 9.92. The average molecular weight is 246 g/mol. The van der Waals surface area contributed by atoms with Gasteiger partial charge in [-0.2, -0.15) is 0 Å². The van der Waals surface area contributed by atoms with Crippen LogP contribution in [-0.4, -0.2) is 12.0 Å². The monoisotopic (exact) mass is 246 g/mol. The molecule has 2 atom stereocenters. The van der Waals surface area contributed by atoms with E-state index >= 15 is 0 Å². The van der Waals surface area contributed by atoms with E-state index in [1.807, 2.05) is 30.8 Å². The van der Waals surface area contributed by atoms with E-state index in [1.165, 1.54) is 16.0 Å². The molecule has 90 valence electrons. The number of pyridine rings is 1. The van der Waals surface area contributed by atoms with Crippen molar-refractivity contribution in [2.45, 2.75) is 25.8 Å². The summed E-state index contributed by atoms with van der Waals surface area (Å²) in [5, 5.41) is 5.59. The molecule has 2 rings (SSSR count). The van der Waals surface area contributed by atoms with Gasteiger partial charge >= 0.3 is 0 Å². The Balaban J connectivity index is 2.28. The third-order valence-electron chi connectivity index (χ3n) is 3.23. The van der Waals surface area contributed by atoms with Crippen molar-refractivity contribution < 1.29 is 0 Å². The summed E-state index contributed by atoms with van der Waals surface area (Å²) in [4.78, 5) is 5.50. The van der Waals surface area contributed by atoms with Gasteiger partial charge in [0.2, 0.25) is 0 Å². The Hall–Kier alpha value is -1.19. The molecule has 0 spiro atoms. The van der Waals surface area contributed by atoms with Gasteiger partial charge in [-0.05, 0) is 48.7 Å². The minimum Gasteiger partial charge on any atom is -0.312 e. The van der Waals surface area contributed by atoms with Gasteiger partial charge in [-0.15, -0.1) is 11.3 Å². The molecule has 1 N–H and O–H groups in total. The Bertz CT molecular complexity index is 464. The predicted octanol–water partition coefficient (Wildman–Crippen LogP) is 3.52. The van der Waals surface area contributed by atoms with Crippen molar-refractivity contribution in [1.29, 1.82) is 0 Å². The van der Waals surface area contributed by atoms with Gasteiger partial charge in [0.25, 0.3) is 0 Å². The van der Waals surface area contributed by atoms with Crippen molar-refractivity contribution in [3.63, 3.8) is 0 Å². The van der Waals surface area contributed by atoms with Gasteiger partial charge in [0.1, 0.15) is 0 Å². The van der Waals surface area contributed by atoms with Crippen molar-refractivity contribution in [1.82, 2.24) is 10.3 Å². The van der Waals surface area contributed by atoms with E-state index in [9.17, 15) is 0 Å². The van der Waals surface area contributed by atoms with Gasteiger partial charge in [0, 0.05) is 29.2 Å². The Morgan fingerprint density at radius 2 is 1.94 bits per heavy atom. The minimum atomic E-state index is 0.373. The predicted molar refractivity (Wildman–Crippen MR) is 73.5 cm³/mol. The number of aryl methyl sites for hydroxylation is 1. The van der Waals surface area contributed by atoms with Gasteiger partial charge in [0.05, 0.1) is 0 Å². The summed E-state index contributed by atoms with van der Waals surface area (Å²) in [6.07, 6.45) is 3.72. The van der Waals surface area contributed by atoms with Gasteiger partial charge in [-0.25, -0.2) is 0 Å². The Kier molecular flexibility index (Phi) is 3.92. The van der Waals surface area contributed by atoms with E-state index in [-0.39, 0.29) is 0 Å². The molecule has 0 saturated carbocycles. The quantitative estimate of drug-likeness (QED) is 0.893. The van der Waals surface area contributed by atoms with Crippen LogP contribution in [0.15, 0.2) is 36.0 Å². The minimum absolute atomic E-state index is 0.373. The molecule has 0 bridgehead atoms. The summed E-state index contributed by atoms with van der Waals surface area (Å²) in [5.74, 6) is 0.445. The second-order valence-corrected chi connectivity index (χ2v) is 5.25. The molecular formula is C14H18N2S. The molecule has 3 heteroatoms. The van der Waals surface area contributed by atoms with E-state index in [2.05, 4.69) is 47.7 Å². The number of nitrogens with zero attached hydrogens (tertiary/aromatic N) is 1. The van der Waals surface area contributed by atoms with Crippen LogP contribution < -0.4 is 5.32 Å². The van der Waals surface area contributed by atoms with Crippen molar-refractivity contribution in [3.8, 4) is 0 Å². The van der Waals surface area contributed by atoms with Crippen LogP contribution in [0, 0.1) is 6.92 Å². The molecule has 0 fully saturated rings. The summed E-state index contributed by atoms with van der Waals surface area (Å²) < 4.78 is 0. The van der Waals surface area contributed by atoms with E-state index in [0.717, 1.165) is 0 Å². The molecule has 0 aromatic carbocycles. The molecule has 0 radical (unpaired) electrons. The molecular weight excluding hydrogens is 228 g/mol. The van der Waals surface area contributed by atoms with E-state index in [4.69, 9.17) is 0 Å². The fourth-order valence-electron chi connectivity index (χ4n) is 2.17. The first-order valence-corrected chi connectivity index (χ1v) is 6.73. The Labute approximate surface area is 107 Å². The summed E-state index contributed by atoms with van der Waals surface area (Å²) >= 11 is 1.83.